The Kier molecular flexibility index (Phi) is 4.20. The van der Waals surface area contributed by atoms with E-state index in [2.05, 4.69) is 0 Å². The van der Waals surface area contributed by atoms with E-state index in [1.165, 1.54) is 0 Å². The van der Waals surface area contributed by atoms with E-state index in [0.29, 0.717) is 18.8 Å². The largest absolute Gasteiger partial charge is 0.332 e. The lowest BCUT2D eigenvalue weighted by molar-refractivity contribution is 0.193. The molecule has 1 aliphatic heterocycles. The molecule has 1 aromatic carbocycles. The van der Waals surface area contributed by atoms with Crippen LogP contribution in [-0.2, 0) is 0 Å². The molecule has 0 saturated carbocycles. The molecule has 1 saturated heterocycles. The third kappa shape index (κ3) is 2.82. The minimum atomic E-state index is -0.767. The van der Waals surface area contributed by atoms with E-state index in [9.17, 15) is 9.59 Å². The van der Waals surface area contributed by atoms with Crippen LogP contribution >= 0.6 is 11.6 Å². The molecule has 96 valence electrons. The Bertz CT molecular complexity index is 430. The number of amides is 3. The number of anilines is 1. The van der Waals surface area contributed by atoms with Gasteiger partial charge < -0.3 is 4.90 Å². The topological polar surface area (TPSA) is 40.6 Å². The minimum absolute atomic E-state index is 0.332. The smallest absolute Gasteiger partial charge is 0.324 e. The highest BCUT2D eigenvalue weighted by Crippen LogP contribution is 2.19. The number of imide groups is 1. The summed E-state index contributed by atoms with van der Waals surface area (Å²) in [6.07, 6.45) is 3.08. The Labute approximate surface area is 111 Å². The Hall–Kier alpha value is -1.55. The molecule has 0 atom stereocenters. The molecular formula is C13H15ClN2O2. The lowest BCUT2D eigenvalue weighted by atomic mass is 10.1. The minimum Gasteiger partial charge on any atom is -0.324 e. The van der Waals surface area contributed by atoms with Crippen molar-refractivity contribution in [1.82, 2.24) is 4.90 Å². The van der Waals surface area contributed by atoms with Crippen molar-refractivity contribution >= 4 is 28.7 Å². The molecule has 0 radical (unpaired) electrons. The average Bonchev–Trinajstić information content (AvgIpc) is 2.40. The average molecular weight is 267 g/mol. The normalized spacial score (nSPS) is 15.3. The molecule has 4 nitrogen and oxygen atoms in total. The highest BCUT2D eigenvalue weighted by Gasteiger charge is 2.27. The van der Waals surface area contributed by atoms with Crippen molar-refractivity contribution in [3.8, 4) is 0 Å². The van der Waals surface area contributed by atoms with Crippen molar-refractivity contribution in [1.29, 1.82) is 0 Å². The second kappa shape index (κ2) is 5.87. The third-order valence-corrected chi connectivity index (χ3v) is 3.18. The number of para-hydroxylation sites is 1. The number of carbonyl (C=O) groups is 2. The maximum absolute atomic E-state index is 12.3. The van der Waals surface area contributed by atoms with Gasteiger partial charge >= 0.3 is 11.4 Å². The summed E-state index contributed by atoms with van der Waals surface area (Å²) < 4.78 is 0. The maximum Gasteiger partial charge on any atom is 0.332 e. The second-order valence-corrected chi connectivity index (χ2v) is 4.58. The van der Waals surface area contributed by atoms with Crippen LogP contribution in [0.25, 0.3) is 0 Å². The Morgan fingerprint density at radius 1 is 1.06 bits per heavy atom. The van der Waals surface area contributed by atoms with Crippen LogP contribution in [0.15, 0.2) is 30.3 Å². The fourth-order valence-electron chi connectivity index (χ4n) is 2.09. The van der Waals surface area contributed by atoms with E-state index in [1.807, 2.05) is 6.07 Å². The Morgan fingerprint density at radius 2 is 1.67 bits per heavy atom. The molecule has 18 heavy (non-hydrogen) atoms. The Balaban J connectivity index is 2.20. The highest BCUT2D eigenvalue weighted by atomic mass is 35.5. The highest BCUT2D eigenvalue weighted by molar-refractivity contribution is 6.68. The second-order valence-electron chi connectivity index (χ2n) is 4.25. The SMILES string of the molecule is O=C(Cl)N(C(=O)N1CCCCC1)c1ccccc1. The van der Waals surface area contributed by atoms with Crippen LogP contribution in [0.2, 0.25) is 0 Å². The van der Waals surface area contributed by atoms with Gasteiger partial charge in [-0.3, -0.25) is 4.79 Å². The van der Waals surface area contributed by atoms with Crippen LogP contribution in [0.3, 0.4) is 0 Å². The molecule has 1 fully saturated rings. The zero-order valence-corrected chi connectivity index (χ0v) is 10.8. The molecule has 5 heteroatoms. The molecule has 0 aliphatic carbocycles. The predicted molar refractivity (Wildman–Crippen MR) is 71.0 cm³/mol. The van der Waals surface area contributed by atoms with E-state index in [0.717, 1.165) is 24.2 Å². The van der Waals surface area contributed by atoms with Crippen molar-refractivity contribution in [3.05, 3.63) is 30.3 Å². The maximum atomic E-state index is 12.3. The van der Waals surface area contributed by atoms with Gasteiger partial charge in [0.15, 0.2) is 0 Å². The zero-order valence-electron chi connectivity index (χ0n) is 10.0. The molecule has 0 spiro atoms. The first-order valence-electron chi connectivity index (χ1n) is 6.03. The van der Waals surface area contributed by atoms with Gasteiger partial charge in [0, 0.05) is 13.1 Å². The summed E-state index contributed by atoms with van der Waals surface area (Å²) in [5.41, 5.74) is 0.507. The predicted octanol–water partition coefficient (Wildman–Crippen LogP) is 3.46. The summed E-state index contributed by atoms with van der Waals surface area (Å²) in [4.78, 5) is 26.5. The molecule has 1 heterocycles. The van der Waals surface area contributed by atoms with Gasteiger partial charge in [0.05, 0.1) is 5.69 Å². The molecule has 2 rings (SSSR count). The number of carbonyl (C=O) groups excluding carboxylic acids is 2. The summed E-state index contributed by atoms with van der Waals surface area (Å²) in [5, 5.41) is -0.767. The summed E-state index contributed by atoms with van der Waals surface area (Å²) in [5.74, 6) is 0. The number of likely N-dealkylation sites (tertiary alicyclic amines) is 1. The lowest BCUT2D eigenvalue weighted by Crippen LogP contribution is -2.46. The number of hydrogen-bond acceptors (Lipinski definition) is 2. The monoisotopic (exact) mass is 266 g/mol. The molecule has 1 aliphatic rings. The fraction of sp³-hybridized carbons (Fsp3) is 0.385. The van der Waals surface area contributed by atoms with Crippen molar-refractivity contribution in [2.75, 3.05) is 18.0 Å². The van der Waals surface area contributed by atoms with Crippen molar-refractivity contribution in [3.63, 3.8) is 0 Å². The fourth-order valence-corrected chi connectivity index (χ4v) is 2.26. The van der Waals surface area contributed by atoms with Gasteiger partial charge in [-0.2, -0.15) is 0 Å². The van der Waals surface area contributed by atoms with Gasteiger partial charge in [0.25, 0.3) is 0 Å². The molecule has 0 N–H and O–H groups in total. The quantitative estimate of drug-likeness (QED) is 0.577. The lowest BCUT2D eigenvalue weighted by Gasteiger charge is -2.30. The number of halogens is 1. The zero-order chi connectivity index (χ0) is 13.0. The van der Waals surface area contributed by atoms with E-state index in [4.69, 9.17) is 11.6 Å². The van der Waals surface area contributed by atoms with Gasteiger partial charge in [0.1, 0.15) is 0 Å². The van der Waals surface area contributed by atoms with Crippen LogP contribution in [0.5, 0.6) is 0 Å². The number of nitrogens with zero attached hydrogens (tertiary/aromatic N) is 2. The summed E-state index contributed by atoms with van der Waals surface area (Å²) in [7, 11) is 0. The van der Waals surface area contributed by atoms with E-state index >= 15 is 0 Å². The van der Waals surface area contributed by atoms with Crippen molar-refractivity contribution in [2.45, 2.75) is 19.3 Å². The van der Waals surface area contributed by atoms with Crippen LogP contribution in [0, 0.1) is 0 Å². The van der Waals surface area contributed by atoms with Gasteiger partial charge in [-0.05, 0) is 43.0 Å². The van der Waals surface area contributed by atoms with Gasteiger partial charge in [-0.25, -0.2) is 9.69 Å². The van der Waals surface area contributed by atoms with Gasteiger partial charge in [-0.1, -0.05) is 18.2 Å². The van der Waals surface area contributed by atoms with Crippen LogP contribution in [-0.4, -0.2) is 29.4 Å². The number of urea groups is 1. The first-order chi connectivity index (χ1) is 8.70. The Morgan fingerprint density at radius 3 is 2.22 bits per heavy atom. The molecule has 1 aromatic rings. The number of piperidine rings is 1. The van der Waals surface area contributed by atoms with Crippen molar-refractivity contribution < 1.29 is 9.59 Å². The van der Waals surface area contributed by atoms with Crippen molar-refractivity contribution in [2.24, 2.45) is 0 Å². The van der Waals surface area contributed by atoms with E-state index in [1.54, 1.807) is 29.2 Å². The molecule has 0 unspecified atom stereocenters. The number of hydrogen-bond donors (Lipinski definition) is 0. The number of rotatable bonds is 1. The van der Waals surface area contributed by atoms with Crippen LogP contribution in [0.1, 0.15) is 19.3 Å². The first kappa shape index (κ1) is 12.9. The van der Waals surface area contributed by atoms with Crippen LogP contribution in [0.4, 0.5) is 15.3 Å². The molecule has 3 amide bonds. The number of benzene rings is 1. The van der Waals surface area contributed by atoms with Gasteiger partial charge in [-0.15, -0.1) is 0 Å². The third-order valence-electron chi connectivity index (χ3n) is 3.01. The molecule has 0 bridgehead atoms. The first-order valence-corrected chi connectivity index (χ1v) is 6.41. The summed E-state index contributed by atoms with van der Waals surface area (Å²) in [6, 6.07) is 8.42. The molecular weight excluding hydrogens is 252 g/mol. The van der Waals surface area contributed by atoms with Gasteiger partial charge in [0.2, 0.25) is 0 Å². The summed E-state index contributed by atoms with van der Waals surface area (Å²) >= 11 is 5.53. The van der Waals surface area contributed by atoms with E-state index in [-0.39, 0.29) is 6.03 Å². The summed E-state index contributed by atoms with van der Waals surface area (Å²) in [6.45, 7) is 1.37. The standard InChI is InChI=1S/C13H15ClN2O2/c14-12(17)16(11-7-3-1-4-8-11)13(18)15-9-5-2-6-10-15/h1,3-4,7-8H,2,5-6,9-10H2. The van der Waals surface area contributed by atoms with Crippen LogP contribution < -0.4 is 4.90 Å². The van der Waals surface area contributed by atoms with E-state index < -0.39 is 5.37 Å². The molecule has 0 aromatic heterocycles.